The molecule has 0 aromatic carbocycles. The van der Waals surface area contributed by atoms with Crippen LogP contribution in [0.2, 0.25) is 0 Å². The monoisotopic (exact) mass is 300 g/mol. The molecule has 0 spiro atoms. The Labute approximate surface area is 134 Å². The maximum atomic E-state index is 9.35. The molecule has 0 aliphatic rings. The quantitative estimate of drug-likeness (QED) is 0.651. The Morgan fingerprint density at radius 3 is 1.86 bits per heavy atom. The molecule has 2 nitrogen and oxygen atoms in total. The Bertz CT molecular complexity index is 510. The van der Waals surface area contributed by atoms with Gasteiger partial charge < -0.3 is 10.2 Å². The average Bonchev–Trinajstić information content (AvgIpc) is 2.48. The number of aliphatic hydroxyl groups is 2. The molecule has 0 saturated carbocycles. The van der Waals surface area contributed by atoms with Crippen LogP contribution in [-0.2, 0) is 0 Å². The minimum absolute atomic E-state index is 0.0660. The van der Waals surface area contributed by atoms with Crippen LogP contribution in [0.25, 0.3) is 0 Å². The summed E-state index contributed by atoms with van der Waals surface area (Å²) in [6.07, 6.45) is 20.9. The van der Waals surface area contributed by atoms with Gasteiger partial charge in [-0.05, 0) is 33.3 Å². The molecule has 0 fully saturated rings. The van der Waals surface area contributed by atoms with E-state index in [0.29, 0.717) is 0 Å². The lowest BCUT2D eigenvalue weighted by Crippen LogP contribution is -1.99. The van der Waals surface area contributed by atoms with E-state index in [1.54, 1.807) is 13.0 Å². The van der Waals surface area contributed by atoms with E-state index in [4.69, 9.17) is 5.11 Å². The SMILES string of the molecule is CC(C=CC=CCO)=CC=CC=C(C)C=CC=C(C)C(C)O. The molecule has 0 radical (unpaired) electrons. The molecule has 0 heterocycles. The molecule has 2 N–H and O–H groups in total. The molecule has 1 atom stereocenters. The summed E-state index contributed by atoms with van der Waals surface area (Å²) in [7, 11) is 0. The fraction of sp³-hybridized carbons (Fsp3) is 0.300. The number of hydrogen-bond acceptors (Lipinski definition) is 2. The first-order valence-corrected chi connectivity index (χ1v) is 7.46. The van der Waals surface area contributed by atoms with E-state index in [9.17, 15) is 5.11 Å². The summed E-state index contributed by atoms with van der Waals surface area (Å²) in [5.41, 5.74) is 3.22. The van der Waals surface area contributed by atoms with Crippen molar-refractivity contribution in [2.45, 2.75) is 33.8 Å². The highest BCUT2D eigenvalue weighted by molar-refractivity contribution is 5.29. The molecule has 0 aromatic heterocycles. The second-order valence-electron chi connectivity index (χ2n) is 5.12. The number of aliphatic hydroxyl groups excluding tert-OH is 2. The zero-order chi connectivity index (χ0) is 16.8. The van der Waals surface area contributed by atoms with Gasteiger partial charge in [0.15, 0.2) is 0 Å². The van der Waals surface area contributed by atoms with E-state index in [1.807, 2.05) is 81.5 Å². The summed E-state index contributed by atoms with van der Waals surface area (Å²) in [4.78, 5) is 0. The van der Waals surface area contributed by atoms with Crippen LogP contribution < -0.4 is 0 Å². The van der Waals surface area contributed by atoms with Crippen molar-refractivity contribution < 1.29 is 10.2 Å². The van der Waals surface area contributed by atoms with Crippen LogP contribution in [0, 0.1) is 0 Å². The van der Waals surface area contributed by atoms with Gasteiger partial charge in [-0.2, -0.15) is 0 Å². The molecule has 120 valence electrons. The van der Waals surface area contributed by atoms with Gasteiger partial charge in [0, 0.05) is 0 Å². The van der Waals surface area contributed by atoms with Crippen LogP contribution in [0.1, 0.15) is 27.7 Å². The molecule has 0 aromatic rings. The maximum Gasteiger partial charge on any atom is 0.0722 e. The van der Waals surface area contributed by atoms with Gasteiger partial charge in [-0.15, -0.1) is 0 Å². The van der Waals surface area contributed by atoms with Crippen molar-refractivity contribution in [2.24, 2.45) is 0 Å². The Balaban J connectivity index is 4.45. The van der Waals surface area contributed by atoms with Crippen LogP contribution in [0.4, 0.5) is 0 Å². The van der Waals surface area contributed by atoms with Crippen LogP contribution >= 0.6 is 0 Å². The van der Waals surface area contributed by atoms with E-state index in [0.717, 1.165) is 16.7 Å². The first-order valence-electron chi connectivity index (χ1n) is 7.46. The number of rotatable bonds is 8. The number of allylic oxidation sites excluding steroid dienone is 12. The molecule has 0 aliphatic heterocycles. The highest BCUT2D eigenvalue weighted by atomic mass is 16.3. The van der Waals surface area contributed by atoms with Gasteiger partial charge in [-0.1, -0.05) is 78.0 Å². The predicted molar refractivity (Wildman–Crippen MR) is 96.6 cm³/mol. The molecule has 1 unspecified atom stereocenters. The van der Waals surface area contributed by atoms with E-state index in [1.165, 1.54) is 0 Å². The van der Waals surface area contributed by atoms with Gasteiger partial charge in [0.05, 0.1) is 12.7 Å². The molecular formula is C20H28O2. The third-order valence-electron chi connectivity index (χ3n) is 2.92. The van der Waals surface area contributed by atoms with Crippen LogP contribution in [0.3, 0.4) is 0 Å². The van der Waals surface area contributed by atoms with Gasteiger partial charge in [-0.25, -0.2) is 0 Å². The van der Waals surface area contributed by atoms with Crippen LogP contribution in [-0.4, -0.2) is 22.9 Å². The zero-order valence-corrected chi connectivity index (χ0v) is 14.0. The van der Waals surface area contributed by atoms with Crippen molar-refractivity contribution in [3.05, 3.63) is 83.6 Å². The largest absolute Gasteiger partial charge is 0.392 e. The lowest BCUT2D eigenvalue weighted by Gasteiger charge is -2.00. The Hall–Kier alpha value is -1.90. The Kier molecular flexibility index (Phi) is 11.7. The second-order valence-corrected chi connectivity index (χ2v) is 5.12. The first-order chi connectivity index (χ1) is 10.5. The molecule has 2 heteroatoms. The molecular weight excluding hydrogens is 272 g/mol. The molecule has 0 rings (SSSR count). The molecule has 22 heavy (non-hydrogen) atoms. The van der Waals surface area contributed by atoms with Gasteiger partial charge in [-0.3, -0.25) is 0 Å². The van der Waals surface area contributed by atoms with E-state index in [2.05, 4.69) is 0 Å². The van der Waals surface area contributed by atoms with Gasteiger partial charge in [0.1, 0.15) is 0 Å². The lowest BCUT2D eigenvalue weighted by molar-refractivity contribution is 0.231. The zero-order valence-electron chi connectivity index (χ0n) is 14.0. The minimum atomic E-state index is -0.401. The standard InChI is InChI=1S/C20H28O2/c1-17(11-6-5-9-16-21)12-7-8-13-18(2)14-10-15-19(3)20(4)22/h5-15,20-22H,16H2,1-4H3. The topological polar surface area (TPSA) is 40.5 Å². The van der Waals surface area contributed by atoms with Gasteiger partial charge >= 0.3 is 0 Å². The average molecular weight is 300 g/mol. The van der Waals surface area contributed by atoms with Crippen molar-refractivity contribution >= 4 is 0 Å². The van der Waals surface area contributed by atoms with Gasteiger partial charge in [0.25, 0.3) is 0 Å². The summed E-state index contributed by atoms with van der Waals surface area (Å²) in [5.74, 6) is 0. The lowest BCUT2D eigenvalue weighted by atomic mass is 10.1. The maximum absolute atomic E-state index is 9.35. The van der Waals surface area contributed by atoms with Gasteiger partial charge in [0.2, 0.25) is 0 Å². The summed E-state index contributed by atoms with van der Waals surface area (Å²) in [6, 6.07) is 0. The molecule has 0 saturated heterocycles. The van der Waals surface area contributed by atoms with Crippen molar-refractivity contribution in [1.82, 2.24) is 0 Å². The van der Waals surface area contributed by atoms with Crippen molar-refractivity contribution in [1.29, 1.82) is 0 Å². The van der Waals surface area contributed by atoms with E-state index in [-0.39, 0.29) is 6.61 Å². The predicted octanol–water partition coefficient (Wildman–Crippen LogP) is 4.42. The highest BCUT2D eigenvalue weighted by Crippen LogP contribution is 2.02. The molecule has 0 bridgehead atoms. The minimum Gasteiger partial charge on any atom is -0.392 e. The number of hydrogen-bond donors (Lipinski definition) is 2. The smallest absolute Gasteiger partial charge is 0.0722 e. The highest BCUT2D eigenvalue weighted by Gasteiger charge is 1.93. The Morgan fingerprint density at radius 2 is 1.36 bits per heavy atom. The molecule has 0 aliphatic carbocycles. The molecule has 0 amide bonds. The van der Waals surface area contributed by atoms with Crippen LogP contribution in [0.5, 0.6) is 0 Å². The van der Waals surface area contributed by atoms with Crippen molar-refractivity contribution in [3.8, 4) is 0 Å². The van der Waals surface area contributed by atoms with E-state index < -0.39 is 6.10 Å². The third kappa shape index (κ3) is 11.9. The fourth-order valence-electron chi connectivity index (χ4n) is 1.36. The van der Waals surface area contributed by atoms with Crippen molar-refractivity contribution in [2.75, 3.05) is 6.61 Å². The summed E-state index contributed by atoms with van der Waals surface area (Å²) in [5, 5.41) is 17.9. The fourth-order valence-corrected chi connectivity index (χ4v) is 1.36. The second kappa shape index (κ2) is 12.8. The van der Waals surface area contributed by atoms with E-state index >= 15 is 0 Å². The van der Waals surface area contributed by atoms with Crippen LogP contribution in [0.15, 0.2) is 83.6 Å². The Morgan fingerprint density at radius 1 is 0.818 bits per heavy atom. The normalized spacial score (nSPS) is 16.7. The third-order valence-corrected chi connectivity index (χ3v) is 2.92. The first kappa shape index (κ1) is 20.1. The summed E-state index contributed by atoms with van der Waals surface area (Å²) in [6.45, 7) is 7.78. The van der Waals surface area contributed by atoms with Crippen molar-refractivity contribution in [3.63, 3.8) is 0 Å². The summed E-state index contributed by atoms with van der Waals surface area (Å²) >= 11 is 0. The summed E-state index contributed by atoms with van der Waals surface area (Å²) < 4.78 is 0.